The Morgan fingerprint density at radius 1 is 1.35 bits per heavy atom. The van der Waals surface area contributed by atoms with Gasteiger partial charge in [-0.2, -0.15) is 4.98 Å². The summed E-state index contributed by atoms with van der Waals surface area (Å²) in [7, 11) is 1.62. The van der Waals surface area contributed by atoms with Crippen LogP contribution in [0.25, 0.3) is 0 Å². The molecule has 3 rings (SSSR count). The van der Waals surface area contributed by atoms with E-state index in [0.29, 0.717) is 18.3 Å². The molecule has 0 saturated carbocycles. The van der Waals surface area contributed by atoms with Crippen molar-refractivity contribution in [3.63, 3.8) is 0 Å². The summed E-state index contributed by atoms with van der Waals surface area (Å²) in [5, 5.41) is 7.05. The Bertz CT molecular complexity index is 749. The summed E-state index contributed by atoms with van der Waals surface area (Å²) < 4.78 is 10.5. The van der Waals surface area contributed by atoms with Gasteiger partial charge < -0.3 is 14.6 Å². The van der Waals surface area contributed by atoms with E-state index in [4.69, 9.17) is 9.26 Å². The molecule has 2 aromatic rings. The van der Waals surface area contributed by atoms with Gasteiger partial charge in [-0.3, -0.25) is 9.69 Å². The van der Waals surface area contributed by atoms with E-state index >= 15 is 0 Å². The number of ether oxygens (including phenoxy) is 1. The van der Waals surface area contributed by atoms with Crippen LogP contribution in [0.3, 0.4) is 0 Å². The van der Waals surface area contributed by atoms with Crippen LogP contribution in [0.2, 0.25) is 0 Å². The lowest BCUT2D eigenvalue weighted by molar-refractivity contribution is -0.120. The van der Waals surface area contributed by atoms with Gasteiger partial charge in [0.25, 0.3) is 0 Å². The van der Waals surface area contributed by atoms with Gasteiger partial charge >= 0.3 is 0 Å². The fourth-order valence-corrected chi connectivity index (χ4v) is 3.02. The normalized spacial score (nSPS) is 18.1. The number of aromatic nitrogens is 2. The number of carbonyl (C=O) groups is 1. The van der Waals surface area contributed by atoms with Gasteiger partial charge in [0.1, 0.15) is 5.75 Å². The summed E-state index contributed by atoms with van der Waals surface area (Å²) in [6.45, 7) is 7.46. The Hall–Kier alpha value is -2.41. The summed E-state index contributed by atoms with van der Waals surface area (Å²) >= 11 is 0. The van der Waals surface area contributed by atoms with Crippen LogP contribution in [0.5, 0.6) is 5.75 Å². The third-order valence-electron chi connectivity index (χ3n) is 4.48. The highest BCUT2D eigenvalue weighted by molar-refractivity contribution is 5.95. The first-order valence-electron chi connectivity index (χ1n) is 8.89. The molecule has 7 nitrogen and oxygen atoms in total. The molecule has 1 saturated heterocycles. The highest BCUT2D eigenvalue weighted by atomic mass is 16.5. The number of rotatable bonds is 5. The van der Waals surface area contributed by atoms with Gasteiger partial charge in [-0.25, -0.2) is 0 Å². The summed E-state index contributed by atoms with van der Waals surface area (Å²) in [4.78, 5) is 19.3. The molecule has 26 heavy (non-hydrogen) atoms. The third kappa shape index (κ3) is 4.22. The average molecular weight is 358 g/mol. The minimum atomic E-state index is -0.186. The van der Waals surface area contributed by atoms with E-state index in [-0.39, 0.29) is 17.4 Å². The van der Waals surface area contributed by atoms with E-state index in [1.165, 1.54) is 0 Å². The number of carbonyl (C=O) groups excluding carboxylic acids is 1. The quantitative estimate of drug-likeness (QED) is 0.885. The molecule has 140 valence electrons. The minimum absolute atomic E-state index is 0.00722. The second kappa shape index (κ2) is 7.45. The molecule has 0 bridgehead atoms. The number of hydrogen-bond acceptors (Lipinski definition) is 6. The molecule has 0 aliphatic carbocycles. The standard InChI is InChI=1S/C19H26N4O3/c1-19(2,3)18-21-16(22-26-18)12-23-11-5-6-15(23)17(24)20-13-7-9-14(25-4)10-8-13/h7-10,15H,5-6,11-12H2,1-4H3,(H,20,24)/t15-/m0/s1. The molecule has 1 aliphatic rings. The van der Waals surface area contributed by atoms with E-state index in [0.717, 1.165) is 30.8 Å². The SMILES string of the molecule is COc1ccc(NC(=O)[C@@H]2CCCN2Cc2noc(C(C)(C)C)n2)cc1. The maximum atomic E-state index is 12.7. The monoisotopic (exact) mass is 358 g/mol. The molecule has 1 fully saturated rings. The van der Waals surface area contributed by atoms with E-state index in [9.17, 15) is 4.79 Å². The predicted octanol–water partition coefficient (Wildman–Crippen LogP) is 2.98. The van der Waals surface area contributed by atoms with Crippen LogP contribution in [-0.4, -0.2) is 40.6 Å². The maximum Gasteiger partial charge on any atom is 0.241 e. The fraction of sp³-hybridized carbons (Fsp3) is 0.526. The lowest BCUT2D eigenvalue weighted by Crippen LogP contribution is -2.39. The minimum Gasteiger partial charge on any atom is -0.497 e. The number of nitrogens with zero attached hydrogens (tertiary/aromatic N) is 3. The zero-order chi connectivity index (χ0) is 18.7. The van der Waals surface area contributed by atoms with Gasteiger partial charge in [-0.1, -0.05) is 25.9 Å². The van der Waals surface area contributed by atoms with Crippen molar-refractivity contribution in [2.24, 2.45) is 0 Å². The highest BCUT2D eigenvalue weighted by Gasteiger charge is 2.32. The lowest BCUT2D eigenvalue weighted by Gasteiger charge is -2.22. The molecule has 7 heteroatoms. The van der Waals surface area contributed by atoms with Crippen LogP contribution in [0.1, 0.15) is 45.3 Å². The van der Waals surface area contributed by atoms with Gasteiger partial charge in [0.2, 0.25) is 11.8 Å². The number of methoxy groups -OCH3 is 1. The van der Waals surface area contributed by atoms with Crippen LogP contribution in [0.15, 0.2) is 28.8 Å². The van der Waals surface area contributed by atoms with Crippen molar-refractivity contribution in [2.45, 2.75) is 51.6 Å². The zero-order valence-electron chi connectivity index (χ0n) is 15.8. The Labute approximate surface area is 153 Å². The molecule has 1 aliphatic heterocycles. The van der Waals surface area contributed by atoms with Gasteiger partial charge in [0.05, 0.1) is 19.7 Å². The topological polar surface area (TPSA) is 80.5 Å². The maximum absolute atomic E-state index is 12.7. The second-order valence-electron chi connectivity index (χ2n) is 7.61. The number of benzene rings is 1. The van der Waals surface area contributed by atoms with Crippen molar-refractivity contribution in [3.8, 4) is 5.75 Å². The number of nitrogens with one attached hydrogen (secondary N) is 1. The number of hydrogen-bond donors (Lipinski definition) is 1. The molecule has 1 aromatic carbocycles. The Morgan fingerprint density at radius 3 is 2.69 bits per heavy atom. The summed E-state index contributed by atoms with van der Waals surface area (Å²) in [5.41, 5.74) is 0.582. The van der Waals surface area contributed by atoms with E-state index in [2.05, 4.69) is 20.4 Å². The van der Waals surface area contributed by atoms with E-state index in [1.807, 2.05) is 45.0 Å². The Morgan fingerprint density at radius 2 is 2.08 bits per heavy atom. The fourth-order valence-electron chi connectivity index (χ4n) is 3.02. The Balaban J connectivity index is 1.63. The van der Waals surface area contributed by atoms with Gasteiger partial charge in [-0.15, -0.1) is 0 Å². The van der Waals surface area contributed by atoms with Gasteiger partial charge in [0.15, 0.2) is 5.82 Å². The van der Waals surface area contributed by atoms with Crippen LogP contribution in [0, 0.1) is 0 Å². The molecule has 2 heterocycles. The van der Waals surface area contributed by atoms with E-state index < -0.39 is 0 Å². The smallest absolute Gasteiger partial charge is 0.241 e. The van der Waals surface area contributed by atoms with Crippen molar-refractivity contribution in [1.82, 2.24) is 15.0 Å². The van der Waals surface area contributed by atoms with Crippen molar-refractivity contribution in [1.29, 1.82) is 0 Å². The highest BCUT2D eigenvalue weighted by Crippen LogP contribution is 2.24. The third-order valence-corrected chi connectivity index (χ3v) is 4.48. The van der Waals surface area contributed by atoms with Crippen LogP contribution in [-0.2, 0) is 16.8 Å². The molecule has 0 unspecified atom stereocenters. The number of amides is 1. The molecule has 0 radical (unpaired) electrons. The van der Waals surface area contributed by atoms with E-state index in [1.54, 1.807) is 7.11 Å². The molecule has 1 N–H and O–H groups in total. The Kier molecular flexibility index (Phi) is 5.27. The first kappa shape index (κ1) is 18.4. The number of anilines is 1. The van der Waals surface area contributed by atoms with Crippen LogP contribution < -0.4 is 10.1 Å². The van der Waals surface area contributed by atoms with Crippen LogP contribution >= 0.6 is 0 Å². The molecule has 1 aromatic heterocycles. The lowest BCUT2D eigenvalue weighted by atomic mass is 9.97. The van der Waals surface area contributed by atoms with Crippen molar-refractivity contribution >= 4 is 11.6 Å². The summed E-state index contributed by atoms with van der Waals surface area (Å²) in [6, 6.07) is 7.15. The average Bonchev–Trinajstić information content (AvgIpc) is 3.25. The molecule has 1 atom stereocenters. The predicted molar refractivity (Wildman–Crippen MR) is 98.1 cm³/mol. The number of likely N-dealkylation sites (tertiary alicyclic amines) is 1. The van der Waals surface area contributed by atoms with Gasteiger partial charge in [-0.05, 0) is 43.7 Å². The molecular weight excluding hydrogens is 332 g/mol. The van der Waals surface area contributed by atoms with Crippen molar-refractivity contribution in [2.75, 3.05) is 19.0 Å². The molecule has 1 amide bonds. The second-order valence-corrected chi connectivity index (χ2v) is 7.61. The first-order valence-corrected chi connectivity index (χ1v) is 8.89. The first-order chi connectivity index (χ1) is 12.4. The van der Waals surface area contributed by atoms with Crippen molar-refractivity contribution < 1.29 is 14.1 Å². The molecular formula is C19H26N4O3. The molecule has 0 spiro atoms. The summed E-state index contributed by atoms with van der Waals surface area (Å²) in [5.74, 6) is 1.99. The largest absolute Gasteiger partial charge is 0.497 e. The zero-order valence-corrected chi connectivity index (χ0v) is 15.8. The summed E-state index contributed by atoms with van der Waals surface area (Å²) in [6.07, 6.45) is 1.80. The van der Waals surface area contributed by atoms with Gasteiger partial charge in [0, 0.05) is 11.1 Å². The van der Waals surface area contributed by atoms with Crippen molar-refractivity contribution in [3.05, 3.63) is 36.0 Å². The van der Waals surface area contributed by atoms with Crippen LogP contribution in [0.4, 0.5) is 5.69 Å².